The van der Waals surface area contributed by atoms with Gasteiger partial charge in [0, 0.05) is 5.56 Å². The quantitative estimate of drug-likeness (QED) is 0.319. The van der Waals surface area contributed by atoms with E-state index in [9.17, 15) is 14.0 Å². The van der Waals surface area contributed by atoms with E-state index in [1.165, 1.54) is 43.0 Å². The van der Waals surface area contributed by atoms with Gasteiger partial charge in [0.05, 0.1) is 12.3 Å². The molecule has 0 saturated heterocycles. The van der Waals surface area contributed by atoms with Crippen molar-refractivity contribution in [3.05, 3.63) is 77.4 Å². The van der Waals surface area contributed by atoms with Crippen molar-refractivity contribution >= 4 is 23.5 Å². The van der Waals surface area contributed by atoms with Gasteiger partial charge in [0.25, 0.3) is 0 Å². The Labute approximate surface area is 172 Å². The lowest BCUT2D eigenvalue weighted by Crippen LogP contribution is -2.25. The predicted octanol–water partition coefficient (Wildman–Crippen LogP) is 3.68. The van der Waals surface area contributed by atoms with Crippen LogP contribution < -0.4 is 0 Å². The average Bonchev–Trinajstić information content (AvgIpc) is 3.06. The van der Waals surface area contributed by atoms with E-state index >= 15 is 0 Å². The van der Waals surface area contributed by atoms with Crippen LogP contribution in [0.5, 0.6) is 0 Å². The van der Waals surface area contributed by atoms with E-state index in [4.69, 9.17) is 4.74 Å². The zero-order valence-electron chi connectivity index (χ0n) is 16.0. The molecule has 0 N–H and O–H groups in total. The molecule has 0 amide bonds. The van der Waals surface area contributed by atoms with Gasteiger partial charge in [-0.1, -0.05) is 42.1 Å². The number of carbonyl (C=O) groups excluding carboxylic acids is 2. The Hall–Kier alpha value is -3.00. The number of benzene rings is 2. The summed E-state index contributed by atoms with van der Waals surface area (Å²) in [6, 6.07) is 15.0. The number of Topliss-reactive ketones (excluding diaryl/α,β-unsaturated/α-hetero) is 1. The zero-order valence-corrected chi connectivity index (χ0v) is 16.9. The maximum atomic E-state index is 13.0. The molecule has 0 aliphatic heterocycles. The first kappa shape index (κ1) is 20.7. The third-order valence-corrected chi connectivity index (χ3v) is 5.15. The van der Waals surface area contributed by atoms with Gasteiger partial charge in [0.2, 0.25) is 5.78 Å². The van der Waals surface area contributed by atoms with Gasteiger partial charge in [-0.05, 0) is 43.7 Å². The molecule has 8 heteroatoms. The van der Waals surface area contributed by atoms with Crippen molar-refractivity contribution in [2.45, 2.75) is 31.7 Å². The summed E-state index contributed by atoms with van der Waals surface area (Å²) in [7, 11) is 0. The summed E-state index contributed by atoms with van der Waals surface area (Å²) in [6.07, 6.45) is -0.961. The third-order valence-electron chi connectivity index (χ3n) is 4.21. The lowest BCUT2D eigenvalue weighted by molar-refractivity contribution is -0.143. The van der Waals surface area contributed by atoms with E-state index in [1.54, 1.807) is 0 Å². The van der Waals surface area contributed by atoms with E-state index in [0.717, 1.165) is 11.4 Å². The Bertz CT molecular complexity index is 990. The van der Waals surface area contributed by atoms with E-state index < -0.39 is 17.9 Å². The molecule has 0 bridgehead atoms. The molecule has 0 radical (unpaired) electrons. The van der Waals surface area contributed by atoms with Crippen LogP contribution >= 0.6 is 11.8 Å². The molecule has 3 aromatic rings. The molecule has 0 spiro atoms. The standard InChI is InChI=1S/C21H20FN3O3S/c1-14(20(27)17-8-10-18(22)11-9-17)28-19(26)13-29-21-24-23-15(2)25(21)12-16-6-4-3-5-7-16/h3-11,14H,12-13H2,1-2H3/t14-/m1/s1. The Kier molecular flexibility index (Phi) is 6.77. The first-order chi connectivity index (χ1) is 13.9. The monoisotopic (exact) mass is 413 g/mol. The van der Waals surface area contributed by atoms with Gasteiger partial charge in [0.15, 0.2) is 11.3 Å². The number of aryl methyl sites for hydroxylation is 1. The van der Waals surface area contributed by atoms with Gasteiger partial charge in [-0.25, -0.2) is 4.39 Å². The van der Waals surface area contributed by atoms with E-state index in [0.29, 0.717) is 11.7 Å². The Balaban J connectivity index is 1.57. The van der Waals surface area contributed by atoms with E-state index in [2.05, 4.69) is 10.2 Å². The van der Waals surface area contributed by atoms with Crippen LogP contribution in [-0.4, -0.2) is 38.4 Å². The number of nitrogens with zero attached hydrogens (tertiary/aromatic N) is 3. The summed E-state index contributed by atoms with van der Waals surface area (Å²) in [5.74, 6) is -0.619. The highest BCUT2D eigenvalue weighted by Crippen LogP contribution is 2.19. The SMILES string of the molecule is Cc1nnc(SCC(=O)O[C@H](C)C(=O)c2ccc(F)cc2)n1Cc1ccccc1. The number of halogens is 1. The lowest BCUT2D eigenvalue weighted by Gasteiger charge is -2.12. The van der Waals surface area contributed by atoms with Gasteiger partial charge in [0.1, 0.15) is 11.6 Å². The largest absolute Gasteiger partial charge is 0.454 e. The molecule has 0 fully saturated rings. The van der Waals surface area contributed by atoms with Crippen molar-refractivity contribution in [1.82, 2.24) is 14.8 Å². The smallest absolute Gasteiger partial charge is 0.317 e. The van der Waals surface area contributed by atoms with Crippen molar-refractivity contribution in [2.24, 2.45) is 0 Å². The molecule has 0 unspecified atom stereocenters. The second kappa shape index (κ2) is 9.47. The maximum Gasteiger partial charge on any atom is 0.317 e. The number of hydrogen-bond donors (Lipinski definition) is 0. The Morgan fingerprint density at radius 2 is 1.79 bits per heavy atom. The summed E-state index contributed by atoms with van der Waals surface area (Å²) >= 11 is 1.20. The van der Waals surface area contributed by atoms with Crippen LogP contribution in [0.1, 0.15) is 28.7 Å². The highest BCUT2D eigenvalue weighted by atomic mass is 32.2. The highest BCUT2D eigenvalue weighted by molar-refractivity contribution is 7.99. The van der Waals surface area contributed by atoms with Crippen LogP contribution in [0.2, 0.25) is 0 Å². The van der Waals surface area contributed by atoms with Crippen molar-refractivity contribution < 1.29 is 18.7 Å². The zero-order chi connectivity index (χ0) is 20.8. The second-order valence-electron chi connectivity index (χ2n) is 6.39. The highest BCUT2D eigenvalue weighted by Gasteiger charge is 2.20. The number of hydrogen-bond acceptors (Lipinski definition) is 6. The van der Waals surface area contributed by atoms with Crippen LogP contribution in [-0.2, 0) is 16.1 Å². The third kappa shape index (κ3) is 5.51. The first-order valence-corrected chi connectivity index (χ1v) is 9.98. The lowest BCUT2D eigenvalue weighted by atomic mass is 10.1. The van der Waals surface area contributed by atoms with Crippen molar-refractivity contribution in [3.8, 4) is 0 Å². The molecule has 2 aromatic carbocycles. The van der Waals surface area contributed by atoms with E-state index in [1.807, 2.05) is 41.8 Å². The van der Waals surface area contributed by atoms with Gasteiger partial charge < -0.3 is 9.30 Å². The minimum absolute atomic E-state index is 0.00599. The van der Waals surface area contributed by atoms with Crippen LogP contribution in [0, 0.1) is 12.7 Å². The van der Waals surface area contributed by atoms with Crippen molar-refractivity contribution in [2.75, 3.05) is 5.75 Å². The van der Waals surface area contributed by atoms with E-state index in [-0.39, 0.29) is 17.1 Å². The number of rotatable bonds is 8. The fraction of sp³-hybridized carbons (Fsp3) is 0.238. The number of esters is 1. The fourth-order valence-electron chi connectivity index (χ4n) is 2.67. The van der Waals surface area contributed by atoms with Crippen molar-refractivity contribution in [1.29, 1.82) is 0 Å². The number of thioether (sulfide) groups is 1. The minimum Gasteiger partial charge on any atom is -0.454 e. The number of ether oxygens (including phenoxy) is 1. The second-order valence-corrected chi connectivity index (χ2v) is 7.34. The summed E-state index contributed by atoms with van der Waals surface area (Å²) < 4.78 is 20.1. The van der Waals surface area contributed by atoms with Gasteiger partial charge >= 0.3 is 5.97 Å². The van der Waals surface area contributed by atoms with Gasteiger partial charge in [-0.3, -0.25) is 9.59 Å². The molecule has 6 nitrogen and oxygen atoms in total. The summed E-state index contributed by atoms with van der Waals surface area (Å²) in [4.78, 5) is 24.5. The topological polar surface area (TPSA) is 74.1 Å². The Morgan fingerprint density at radius 1 is 1.10 bits per heavy atom. The molecule has 1 atom stereocenters. The molecule has 3 rings (SSSR count). The molecular formula is C21H20FN3O3S. The Morgan fingerprint density at radius 3 is 2.48 bits per heavy atom. The molecule has 0 saturated carbocycles. The predicted molar refractivity (Wildman–Crippen MR) is 107 cm³/mol. The maximum absolute atomic E-state index is 13.0. The molecule has 1 aromatic heterocycles. The fourth-order valence-corrected chi connectivity index (χ4v) is 3.44. The molecular weight excluding hydrogens is 393 g/mol. The van der Waals surface area contributed by atoms with Gasteiger partial charge in [-0.15, -0.1) is 10.2 Å². The number of ketones is 1. The normalized spacial score (nSPS) is 11.8. The summed E-state index contributed by atoms with van der Waals surface area (Å²) in [5, 5.41) is 8.80. The van der Waals surface area contributed by atoms with Crippen LogP contribution in [0.15, 0.2) is 59.8 Å². The molecule has 1 heterocycles. The van der Waals surface area contributed by atoms with Crippen LogP contribution in [0.3, 0.4) is 0 Å². The average molecular weight is 413 g/mol. The first-order valence-electron chi connectivity index (χ1n) is 9.00. The molecule has 29 heavy (non-hydrogen) atoms. The van der Waals surface area contributed by atoms with Crippen molar-refractivity contribution in [3.63, 3.8) is 0 Å². The number of carbonyl (C=O) groups is 2. The minimum atomic E-state index is -0.961. The molecule has 0 aliphatic rings. The number of aromatic nitrogens is 3. The molecule has 0 aliphatic carbocycles. The summed E-state index contributed by atoms with van der Waals surface area (Å²) in [6.45, 7) is 3.94. The summed E-state index contributed by atoms with van der Waals surface area (Å²) in [5.41, 5.74) is 1.39. The molecule has 150 valence electrons. The van der Waals surface area contributed by atoms with Gasteiger partial charge in [-0.2, -0.15) is 0 Å². The van der Waals surface area contributed by atoms with Crippen LogP contribution in [0.25, 0.3) is 0 Å². The van der Waals surface area contributed by atoms with Crippen LogP contribution in [0.4, 0.5) is 4.39 Å².